The summed E-state index contributed by atoms with van der Waals surface area (Å²) in [6.45, 7) is 3.15. The molecule has 21 heavy (non-hydrogen) atoms. The summed E-state index contributed by atoms with van der Waals surface area (Å²) in [5.41, 5.74) is -1.35. The summed E-state index contributed by atoms with van der Waals surface area (Å²) < 4.78 is 28.4. The summed E-state index contributed by atoms with van der Waals surface area (Å²) in [4.78, 5) is 23.3. The first-order valence-electron chi connectivity index (χ1n) is 6.26. The normalized spacial score (nSPS) is 20.0. The molecule has 0 radical (unpaired) electrons. The molecule has 0 aliphatic carbocycles. The van der Waals surface area contributed by atoms with E-state index in [1.807, 2.05) is 0 Å². The van der Waals surface area contributed by atoms with E-state index in [1.54, 1.807) is 6.92 Å². The Morgan fingerprint density at radius 2 is 1.90 bits per heavy atom. The van der Waals surface area contributed by atoms with Gasteiger partial charge in [-0.2, -0.15) is 4.31 Å². The van der Waals surface area contributed by atoms with Crippen LogP contribution in [0.15, 0.2) is 20.7 Å². The topological polar surface area (TPSA) is 93.4 Å². The predicted molar refractivity (Wildman–Crippen MR) is 80.4 cm³/mol. The standard InChI is InChI=1S/C11H18N4O4S.ClH/c1-8-6-12-4-5-15(8)20(18,19)9-7-13(2)11(17)14(3)10(9)16;/h7-8,12H,4-6H2,1-3H3;1H/t8-;/m0./s1. The molecule has 1 aliphatic rings. The SMILES string of the molecule is C[C@H]1CNCCN1S(=O)(=O)c1cn(C)c(=O)n(C)c1=O.Cl. The Kier molecular flexibility index (Phi) is 5.37. The maximum Gasteiger partial charge on any atom is 0.330 e. The number of aryl methyl sites for hydroxylation is 1. The smallest absolute Gasteiger partial charge is 0.314 e. The maximum atomic E-state index is 12.6. The second-order valence-corrected chi connectivity index (χ2v) is 6.78. The fourth-order valence-electron chi connectivity index (χ4n) is 2.26. The Morgan fingerprint density at radius 3 is 2.48 bits per heavy atom. The van der Waals surface area contributed by atoms with Crippen molar-refractivity contribution in [1.29, 1.82) is 0 Å². The zero-order valence-electron chi connectivity index (χ0n) is 12.1. The first-order valence-corrected chi connectivity index (χ1v) is 7.70. The van der Waals surface area contributed by atoms with Crippen LogP contribution in [0.2, 0.25) is 0 Å². The molecule has 2 heterocycles. The van der Waals surface area contributed by atoms with Gasteiger partial charge in [0.1, 0.15) is 0 Å². The molecule has 1 aromatic rings. The lowest BCUT2D eigenvalue weighted by molar-refractivity contribution is 0.283. The molecule has 0 spiro atoms. The minimum Gasteiger partial charge on any atom is -0.314 e. The average molecular weight is 339 g/mol. The third kappa shape index (κ3) is 3.05. The average Bonchev–Trinajstić information content (AvgIpc) is 2.40. The van der Waals surface area contributed by atoms with E-state index in [-0.39, 0.29) is 23.3 Å². The Bertz CT molecular complexity index is 740. The van der Waals surface area contributed by atoms with Crippen molar-refractivity contribution < 1.29 is 8.42 Å². The van der Waals surface area contributed by atoms with Crippen LogP contribution in [-0.2, 0) is 24.1 Å². The Balaban J connectivity index is 0.00000220. The maximum absolute atomic E-state index is 12.6. The highest BCUT2D eigenvalue weighted by Gasteiger charge is 2.33. The van der Waals surface area contributed by atoms with E-state index in [0.29, 0.717) is 19.6 Å². The van der Waals surface area contributed by atoms with Gasteiger partial charge in [0, 0.05) is 46.0 Å². The van der Waals surface area contributed by atoms with E-state index in [0.717, 1.165) is 15.3 Å². The van der Waals surface area contributed by atoms with Crippen LogP contribution in [0.25, 0.3) is 0 Å². The molecule has 1 N–H and O–H groups in total. The zero-order chi connectivity index (χ0) is 15.1. The molecule has 8 nitrogen and oxygen atoms in total. The van der Waals surface area contributed by atoms with Gasteiger partial charge < -0.3 is 9.88 Å². The number of rotatable bonds is 2. The monoisotopic (exact) mass is 338 g/mol. The summed E-state index contributed by atoms with van der Waals surface area (Å²) in [7, 11) is -1.22. The van der Waals surface area contributed by atoms with E-state index >= 15 is 0 Å². The van der Waals surface area contributed by atoms with Gasteiger partial charge >= 0.3 is 5.69 Å². The molecule has 0 bridgehead atoms. The molecule has 1 aliphatic heterocycles. The van der Waals surface area contributed by atoms with Gasteiger partial charge in [-0.3, -0.25) is 9.36 Å². The van der Waals surface area contributed by atoms with Crippen LogP contribution in [0.1, 0.15) is 6.92 Å². The number of hydrogen-bond donors (Lipinski definition) is 1. The number of halogens is 1. The lowest BCUT2D eigenvalue weighted by atomic mass is 10.3. The van der Waals surface area contributed by atoms with Crippen molar-refractivity contribution in [3.8, 4) is 0 Å². The summed E-state index contributed by atoms with van der Waals surface area (Å²) in [5.74, 6) is 0. The van der Waals surface area contributed by atoms with E-state index < -0.39 is 21.3 Å². The van der Waals surface area contributed by atoms with E-state index in [2.05, 4.69) is 5.32 Å². The number of nitrogens with one attached hydrogen (secondary N) is 1. The van der Waals surface area contributed by atoms with Crippen LogP contribution >= 0.6 is 12.4 Å². The van der Waals surface area contributed by atoms with Crippen molar-refractivity contribution in [3.63, 3.8) is 0 Å². The third-order valence-electron chi connectivity index (χ3n) is 3.44. The molecule has 1 fully saturated rings. The number of hydrogen-bond acceptors (Lipinski definition) is 5. The van der Waals surface area contributed by atoms with Gasteiger partial charge in [0.15, 0.2) is 4.90 Å². The number of sulfonamides is 1. The molecule has 1 aromatic heterocycles. The van der Waals surface area contributed by atoms with E-state index in [1.165, 1.54) is 18.4 Å². The third-order valence-corrected chi connectivity index (χ3v) is 5.44. The Labute approximate surface area is 128 Å². The molecule has 10 heteroatoms. The summed E-state index contributed by atoms with van der Waals surface area (Å²) >= 11 is 0. The molecular formula is C11H19ClN4O4S. The zero-order valence-corrected chi connectivity index (χ0v) is 13.7. The summed E-state index contributed by atoms with van der Waals surface area (Å²) in [6, 6.07) is -0.240. The number of piperazine rings is 1. The van der Waals surface area contributed by atoms with Crippen molar-refractivity contribution in [3.05, 3.63) is 27.0 Å². The van der Waals surface area contributed by atoms with Gasteiger partial charge in [-0.1, -0.05) is 0 Å². The second kappa shape index (κ2) is 6.30. The second-order valence-electron chi connectivity index (χ2n) is 4.92. The molecule has 0 amide bonds. The lowest BCUT2D eigenvalue weighted by Crippen LogP contribution is -2.53. The fourth-order valence-corrected chi connectivity index (χ4v) is 4.04. The van der Waals surface area contributed by atoms with Gasteiger partial charge in [0.05, 0.1) is 0 Å². The molecule has 1 saturated heterocycles. The Morgan fingerprint density at radius 1 is 1.29 bits per heavy atom. The fraction of sp³-hybridized carbons (Fsp3) is 0.636. The molecule has 1 atom stereocenters. The van der Waals surface area contributed by atoms with Crippen molar-refractivity contribution in [2.75, 3.05) is 19.6 Å². The predicted octanol–water partition coefficient (Wildman–Crippen LogP) is -1.51. The quantitative estimate of drug-likeness (QED) is 0.707. The number of aromatic nitrogens is 2. The Hall–Kier alpha value is -1.16. The largest absolute Gasteiger partial charge is 0.330 e. The first kappa shape index (κ1) is 17.9. The highest BCUT2D eigenvalue weighted by Crippen LogP contribution is 2.15. The summed E-state index contributed by atoms with van der Waals surface area (Å²) in [5, 5.41) is 3.09. The number of nitrogens with zero attached hydrogens (tertiary/aromatic N) is 3. The van der Waals surface area contributed by atoms with Gasteiger partial charge in [0.2, 0.25) is 10.0 Å². The van der Waals surface area contributed by atoms with E-state index in [4.69, 9.17) is 0 Å². The van der Waals surface area contributed by atoms with Crippen molar-refractivity contribution in [1.82, 2.24) is 18.8 Å². The van der Waals surface area contributed by atoms with Crippen LogP contribution < -0.4 is 16.6 Å². The van der Waals surface area contributed by atoms with Gasteiger partial charge in [0.25, 0.3) is 5.56 Å². The molecule has 120 valence electrons. The lowest BCUT2D eigenvalue weighted by Gasteiger charge is -2.32. The van der Waals surface area contributed by atoms with Gasteiger partial charge in [-0.25, -0.2) is 13.2 Å². The van der Waals surface area contributed by atoms with Crippen LogP contribution in [-0.4, -0.2) is 47.5 Å². The highest BCUT2D eigenvalue weighted by atomic mass is 35.5. The molecule has 0 aromatic carbocycles. The van der Waals surface area contributed by atoms with Gasteiger partial charge in [-0.05, 0) is 6.92 Å². The van der Waals surface area contributed by atoms with Crippen molar-refractivity contribution in [2.45, 2.75) is 17.9 Å². The molecule has 2 rings (SSSR count). The molecule has 0 saturated carbocycles. The van der Waals surface area contributed by atoms with Crippen LogP contribution in [0, 0.1) is 0 Å². The minimum absolute atomic E-state index is 0. The van der Waals surface area contributed by atoms with Crippen LogP contribution in [0.3, 0.4) is 0 Å². The van der Waals surface area contributed by atoms with Gasteiger partial charge in [-0.15, -0.1) is 12.4 Å². The van der Waals surface area contributed by atoms with Crippen LogP contribution in [0.4, 0.5) is 0 Å². The first-order chi connectivity index (χ1) is 9.26. The van der Waals surface area contributed by atoms with Crippen molar-refractivity contribution in [2.24, 2.45) is 14.1 Å². The minimum atomic E-state index is -3.90. The summed E-state index contributed by atoms with van der Waals surface area (Å²) in [6.07, 6.45) is 1.09. The van der Waals surface area contributed by atoms with Crippen LogP contribution in [0.5, 0.6) is 0 Å². The molecule has 0 unspecified atom stereocenters. The highest BCUT2D eigenvalue weighted by molar-refractivity contribution is 7.89. The van der Waals surface area contributed by atoms with Crippen molar-refractivity contribution >= 4 is 22.4 Å². The molecular weight excluding hydrogens is 320 g/mol. The van der Waals surface area contributed by atoms with E-state index in [9.17, 15) is 18.0 Å².